The average Bonchev–Trinajstić information content (AvgIpc) is 3.55. The number of methoxy groups -OCH3 is 1. The zero-order valence-electron chi connectivity index (χ0n) is 28.0. The monoisotopic (exact) mass is 626 g/mol. The number of carboxylic acids is 1. The summed E-state index contributed by atoms with van der Waals surface area (Å²) < 4.78 is 7.50. The quantitative estimate of drug-likeness (QED) is 0.244. The maximum Gasteiger partial charge on any atom is 0.303 e. The number of benzene rings is 1. The summed E-state index contributed by atoms with van der Waals surface area (Å²) in [5.41, 5.74) is 4.51. The molecule has 46 heavy (non-hydrogen) atoms. The number of hydrogen-bond acceptors (Lipinski definition) is 5. The third kappa shape index (κ3) is 6.86. The number of carbonyl (C=O) groups is 2. The van der Waals surface area contributed by atoms with Crippen LogP contribution in [0.4, 0.5) is 5.82 Å². The van der Waals surface area contributed by atoms with Gasteiger partial charge in [-0.3, -0.25) is 19.2 Å². The largest absolute Gasteiger partial charge is 0.496 e. The summed E-state index contributed by atoms with van der Waals surface area (Å²) >= 11 is 0. The van der Waals surface area contributed by atoms with Gasteiger partial charge in [0.2, 0.25) is 5.91 Å². The van der Waals surface area contributed by atoms with Crippen molar-refractivity contribution in [3.63, 3.8) is 0 Å². The number of carboxylic acid groups (broad SMARTS) is 1. The van der Waals surface area contributed by atoms with Crippen molar-refractivity contribution >= 4 is 17.7 Å². The number of aliphatic carboxylic acids is 1. The van der Waals surface area contributed by atoms with Crippen molar-refractivity contribution in [2.45, 2.75) is 103 Å². The van der Waals surface area contributed by atoms with E-state index in [1.165, 1.54) is 24.0 Å². The highest BCUT2D eigenvalue weighted by Crippen LogP contribution is 2.55. The van der Waals surface area contributed by atoms with Crippen LogP contribution in [0.3, 0.4) is 0 Å². The van der Waals surface area contributed by atoms with Gasteiger partial charge >= 0.3 is 5.97 Å². The van der Waals surface area contributed by atoms with E-state index < -0.39 is 5.97 Å². The fourth-order valence-electron chi connectivity index (χ4n) is 8.75. The second-order valence-corrected chi connectivity index (χ2v) is 14.6. The number of amides is 1. The first kappa shape index (κ1) is 32.3. The molecule has 3 aliphatic carbocycles. The second-order valence-electron chi connectivity index (χ2n) is 14.6. The molecule has 6 rings (SSSR count). The van der Waals surface area contributed by atoms with Crippen molar-refractivity contribution in [2.75, 3.05) is 18.6 Å². The zero-order valence-corrected chi connectivity index (χ0v) is 28.0. The van der Waals surface area contributed by atoms with Gasteiger partial charge in [0.1, 0.15) is 11.6 Å². The molecule has 1 amide bonds. The lowest BCUT2D eigenvalue weighted by Crippen LogP contribution is -2.49. The standard InChI is InChI=1S/C38H50N4O4/c1-25(2)42-19-15-33(40-42)30-14-18-39-35(22-30)41(37(45)28-9-7-27(8-10-28)21-36(43)44)24-38-16-5-6-31(23-38)32(13-17-38)29-11-12-34(46-4)26(3)20-29/h11-12,14-15,18-20,22,25,27-28,31-32H,5-10,13,16-17,21,23-24H2,1-4H3,(H,43,44). The number of anilines is 1. The highest BCUT2D eigenvalue weighted by molar-refractivity contribution is 5.95. The predicted molar refractivity (Wildman–Crippen MR) is 180 cm³/mol. The van der Waals surface area contributed by atoms with E-state index in [9.17, 15) is 14.7 Å². The summed E-state index contributed by atoms with van der Waals surface area (Å²) in [7, 11) is 1.73. The Labute approximate surface area is 273 Å². The SMILES string of the molecule is COc1ccc(C2CCC3(CN(C(=O)C4CCC(CC(=O)O)CC4)c4cc(-c5ccn(C(C)C)n5)ccn4)CCCC2C3)cc1C. The smallest absolute Gasteiger partial charge is 0.303 e. The van der Waals surface area contributed by atoms with Crippen LogP contribution in [-0.4, -0.2) is 45.4 Å². The molecule has 3 unspecified atom stereocenters. The predicted octanol–water partition coefficient (Wildman–Crippen LogP) is 8.21. The molecule has 1 aromatic carbocycles. The number of aromatic nitrogens is 3. The highest BCUT2D eigenvalue weighted by Gasteiger charge is 2.46. The molecule has 2 aromatic heterocycles. The Balaban J connectivity index is 1.27. The summed E-state index contributed by atoms with van der Waals surface area (Å²) in [6.45, 7) is 7.04. The third-order valence-electron chi connectivity index (χ3n) is 11.3. The van der Waals surface area contributed by atoms with E-state index in [2.05, 4.69) is 39.0 Å². The van der Waals surface area contributed by atoms with E-state index in [1.54, 1.807) is 7.11 Å². The van der Waals surface area contributed by atoms with E-state index >= 15 is 0 Å². The van der Waals surface area contributed by atoms with Gasteiger partial charge < -0.3 is 9.84 Å². The van der Waals surface area contributed by atoms with Crippen LogP contribution < -0.4 is 9.64 Å². The topological polar surface area (TPSA) is 97.6 Å². The van der Waals surface area contributed by atoms with E-state index in [-0.39, 0.29) is 35.6 Å². The van der Waals surface area contributed by atoms with E-state index in [0.717, 1.165) is 68.4 Å². The van der Waals surface area contributed by atoms with Crippen LogP contribution in [0.1, 0.15) is 108 Å². The fraction of sp³-hybridized carbons (Fsp3) is 0.579. The van der Waals surface area contributed by atoms with Gasteiger partial charge in [-0.05, 0) is 137 Å². The molecule has 246 valence electrons. The summed E-state index contributed by atoms with van der Waals surface area (Å²) in [6, 6.07) is 13.0. The average molecular weight is 627 g/mol. The molecule has 3 fully saturated rings. The molecule has 3 saturated carbocycles. The van der Waals surface area contributed by atoms with Crippen molar-refractivity contribution in [1.82, 2.24) is 14.8 Å². The van der Waals surface area contributed by atoms with Crippen LogP contribution in [0, 0.1) is 30.1 Å². The molecule has 1 N–H and O–H groups in total. The minimum Gasteiger partial charge on any atom is -0.496 e. The van der Waals surface area contributed by atoms with Gasteiger partial charge in [-0.1, -0.05) is 18.6 Å². The summed E-state index contributed by atoms with van der Waals surface area (Å²) in [4.78, 5) is 32.7. The van der Waals surface area contributed by atoms with Crippen molar-refractivity contribution < 1.29 is 19.4 Å². The molecule has 0 radical (unpaired) electrons. The molecule has 0 aliphatic heterocycles. The molecule has 8 heteroatoms. The number of nitrogens with zero attached hydrogens (tertiary/aromatic N) is 4. The molecular formula is C38H50N4O4. The molecule has 2 bridgehead atoms. The Morgan fingerprint density at radius 2 is 1.87 bits per heavy atom. The van der Waals surface area contributed by atoms with Gasteiger partial charge in [0.25, 0.3) is 0 Å². The first-order valence-electron chi connectivity index (χ1n) is 17.3. The summed E-state index contributed by atoms with van der Waals surface area (Å²) in [5, 5.41) is 14.1. The highest BCUT2D eigenvalue weighted by atomic mass is 16.5. The lowest BCUT2D eigenvalue weighted by molar-refractivity contribution is -0.138. The lowest BCUT2D eigenvalue weighted by atomic mass is 9.57. The van der Waals surface area contributed by atoms with Crippen LogP contribution >= 0.6 is 0 Å². The summed E-state index contributed by atoms with van der Waals surface area (Å²) in [6.07, 6.45) is 13.9. The zero-order chi connectivity index (χ0) is 32.4. The van der Waals surface area contributed by atoms with Crippen molar-refractivity contribution in [3.8, 4) is 17.0 Å². The molecule has 0 spiro atoms. The number of rotatable bonds is 10. The first-order valence-corrected chi connectivity index (χ1v) is 17.3. The van der Waals surface area contributed by atoms with Crippen LogP contribution in [0.25, 0.3) is 11.3 Å². The number of fused-ring (bicyclic) bond motifs is 2. The maximum atomic E-state index is 14.5. The van der Waals surface area contributed by atoms with Crippen molar-refractivity contribution in [1.29, 1.82) is 0 Å². The van der Waals surface area contributed by atoms with Crippen molar-refractivity contribution in [2.24, 2.45) is 23.2 Å². The minimum absolute atomic E-state index is 0.0635. The van der Waals surface area contributed by atoms with E-state index in [4.69, 9.17) is 14.8 Å². The number of pyridine rings is 1. The number of ether oxygens (including phenoxy) is 1. The Hall–Kier alpha value is -3.68. The Morgan fingerprint density at radius 1 is 1.07 bits per heavy atom. The van der Waals surface area contributed by atoms with Gasteiger partial charge in [-0.15, -0.1) is 0 Å². The fourth-order valence-corrected chi connectivity index (χ4v) is 8.75. The van der Waals surface area contributed by atoms with Crippen molar-refractivity contribution in [3.05, 3.63) is 59.9 Å². The molecule has 0 saturated heterocycles. The summed E-state index contributed by atoms with van der Waals surface area (Å²) in [5.74, 6) is 2.22. The second kappa shape index (κ2) is 13.6. The number of aryl methyl sites for hydroxylation is 1. The van der Waals surface area contributed by atoms with Gasteiger partial charge in [-0.25, -0.2) is 4.98 Å². The van der Waals surface area contributed by atoms with Crippen LogP contribution in [0.5, 0.6) is 5.75 Å². The Bertz CT molecular complexity index is 1540. The van der Waals surface area contributed by atoms with Crippen LogP contribution in [0.15, 0.2) is 48.8 Å². The van der Waals surface area contributed by atoms with Gasteiger partial charge in [-0.2, -0.15) is 5.10 Å². The molecule has 8 nitrogen and oxygen atoms in total. The lowest BCUT2D eigenvalue weighted by Gasteiger charge is -2.51. The molecule has 3 aromatic rings. The minimum atomic E-state index is -0.747. The Kier molecular flexibility index (Phi) is 9.53. The first-order chi connectivity index (χ1) is 22.1. The maximum absolute atomic E-state index is 14.5. The molecule has 3 atom stereocenters. The van der Waals surface area contributed by atoms with Crippen LogP contribution in [0.2, 0.25) is 0 Å². The van der Waals surface area contributed by atoms with Crippen LogP contribution in [-0.2, 0) is 9.59 Å². The van der Waals surface area contributed by atoms with Gasteiger partial charge in [0.05, 0.1) is 12.8 Å². The number of hydrogen-bond donors (Lipinski definition) is 1. The molecule has 2 heterocycles. The van der Waals surface area contributed by atoms with Gasteiger partial charge in [0.15, 0.2) is 0 Å². The van der Waals surface area contributed by atoms with Gasteiger partial charge in [0, 0.05) is 42.9 Å². The molecular weight excluding hydrogens is 576 g/mol. The third-order valence-corrected chi connectivity index (χ3v) is 11.3. The number of carbonyl (C=O) groups excluding carboxylic acids is 1. The Morgan fingerprint density at radius 3 is 2.57 bits per heavy atom. The van der Waals surface area contributed by atoms with E-state index in [1.807, 2.05) is 40.2 Å². The normalized spacial score (nSPS) is 26.1. The molecule has 3 aliphatic rings. The van der Waals surface area contributed by atoms with E-state index in [0.29, 0.717) is 24.2 Å².